The molecule has 0 bridgehead atoms. The molecule has 1 N–H and O–H groups in total. The van der Waals surface area contributed by atoms with Crippen LogP contribution in [-0.2, 0) is 10.5 Å². The maximum Gasteiger partial charge on any atom is 0.129 e. The summed E-state index contributed by atoms with van der Waals surface area (Å²) in [4.78, 5) is 4.41. The van der Waals surface area contributed by atoms with E-state index in [1.807, 2.05) is 24.0 Å². The van der Waals surface area contributed by atoms with E-state index < -0.39 is 0 Å². The average molecular weight is 266 g/mol. The summed E-state index contributed by atoms with van der Waals surface area (Å²) in [5, 5.41) is 3.39. The Kier molecular flexibility index (Phi) is 5.81. The molecule has 4 heteroatoms. The smallest absolute Gasteiger partial charge is 0.129 e. The van der Waals surface area contributed by atoms with Gasteiger partial charge in [-0.25, -0.2) is 4.98 Å². The Morgan fingerprint density at radius 1 is 1.56 bits per heavy atom. The Hall–Kier alpha value is -0.740. The second-order valence-corrected chi connectivity index (χ2v) is 5.62. The zero-order valence-corrected chi connectivity index (χ0v) is 11.8. The van der Waals surface area contributed by atoms with Crippen molar-refractivity contribution in [1.82, 2.24) is 4.98 Å². The first-order valence-electron chi connectivity index (χ1n) is 6.77. The molecule has 1 unspecified atom stereocenters. The Balaban J connectivity index is 1.79. The molecule has 1 saturated heterocycles. The van der Waals surface area contributed by atoms with Crippen molar-refractivity contribution in [3.05, 3.63) is 23.9 Å². The highest BCUT2D eigenvalue weighted by Crippen LogP contribution is 2.22. The van der Waals surface area contributed by atoms with E-state index in [0.29, 0.717) is 6.10 Å². The van der Waals surface area contributed by atoms with Gasteiger partial charge < -0.3 is 10.1 Å². The molecule has 100 valence electrons. The van der Waals surface area contributed by atoms with Crippen molar-refractivity contribution in [2.75, 3.05) is 24.2 Å². The first kappa shape index (κ1) is 13.7. The minimum absolute atomic E-state index is 0.471. The fraction of sp³-hybridized carbons (Fsp3) is 0.643. The van der Waals surface area contributed by atoms with Gasteiger partial charge in [0.15, 0.2) is 0 Å². The molecule has 1 aromatic rings. The molecule has 0 radical (unpaired) electrons. The molecule has 18 heavy (non-hydrogen) atoms. The Morgan fingerprint density at radius 3 is 3.28 bits per heavy atom. The van der Waals surface area contributed by atoms with Gasteiger partial charge in [0.1, 0.15) is 5.82 Å². The SMILES string of the molecule is CCCNc1ncccc1CSCC1CCCO1. The average Bonchev–Trinajstić information content (AvgIpc) is 2.91. The Bertz CT molecular complexity index is 353. The monoisotopic (exact) mass is 266 g/mol. The third-order valence-corrected chi connectivity index (χ3v) is 4.14. The highest BCUT2D eigenvalue weighted by atomic mass is 32.2. The van der Waals surface area contributed by atoms with E-state index in [9.17, 15) is 0 Å². The summed E-state index contributed by atoms with van der Waals surface area (Å²) in [7, 11) is 0. The van der Waals surface area contributed by atoms with Crippen LogP contribution in [0.15, 0.2) is 18.3 Å². The first-order valence-corrected chi connectivity index (χ1v) is 7.92. The van der Waals surface area contributed by atoms with Gasteiger partial charge in [-0.3, -0.25) is 0 Å². The predicted molar refractivity (Wildman–Crippen MR) is 78.2 cm³/mol. The molecule has 0 spiro atoms. The van der Waals surface area contributed by atoms with Crippen LogP contribution in [0.25, 0.3) is 0 Å². The van der Waals surface area contributed by atoms with Crippen LogP contribution in [0.3, 0.4) is 0 Å². The normalized spacial score (nSPS) is 19.1. The van der Waals surface area contributed by atoms with Gasteiger partial charge in [-0.1, -0.05) is 13.0 Å². The molecular formula is C14H22N2OS. The number of pyridine rings is 1. The molecule has 0 aromatic carbocycles. The molecule has 1 aliphatic heterocycles. The van der Waals surface area contributed by atoms with Crippen LogP contribution in [0.5, 0.6) is 0 Å². The van der Waals surface area contributed by atoms with Crippen molar-refractivity contribution in [3.8, 4) is 0 Å². The van der Waals surface area contributed by atoms with Crippen molar-refractivity contribution in [3.63, 3.8) is 0 Å². The lowest BCUT2D eigenvalue weighted by molar-refractivity contribution is 0.129. The van der Waals surface area contributed by atoms with E-state index >= 15 is 0 Å². The molecule has 1 aromatic heterocycles. The number of aromatic nitrogens is 1. The highest BCUT2D eigenvalue weighted by Gasteiger charge is 2.15. The quantitative estimate of drug-likeness (QED) is 0.821. The van der Waals surface area contributed by atoms with Crippen LogP contribution < -0.4 is 5.32 Å². The largest absolute Gasteiger partial charge is 0.377 e. The summed E-state index contributed by atoms with van der Waals surface area (Å²) in [6.45, 7) is 4.10. The van der Waals surface area contributed by atoms with Gasteiger partial charge in [-0.2, -0.15) is 11.8 Å². The topological polar surface area (TPSA) is 34.2 Å². The zero-order valence-electron chi connectivity index (χ0n) is 11.0. The standard InChI is InChI=1S/C14H22N2OS/c1-2-7-15-14-12(5-3-8-16-14)10-18-11-13-6-4-9-17-13/h3,5,8,13H,2,4,6-7,9-11H2,1H3,(H,15,16). The number of ether oxygens (including phenoxy) is 1. The van der Waals surface area contributed by atoms with Gasteiger partial charge >= 0.3 is 0 Å². The molecule has 1 aliphatic rings. The van der Waals surface area contributed by atoms with Crippen LogP contribution in [0.2, 0.25) is 0 Å². The number of hydrogen-bond donors (Lipinski definition) is 1. The molecule has 0 saturated carbocycles. The lowest BCUT2D eigenvalue weighted by Gasteiger charge is -2.11. The van der Waals surface area contributed by atoms with Crippen molar-refractivity contribution in [2.45, 2.75) is 38.0 Å². The van der Waals surface area contributed by atoms with Crippen LogP contribution in [0, 0.1) is 0 Å². The van der Waals surface area contributed by atoms with Crippen molar-refractivity contribution in [1.29, 1.82) is 0 Å². The molecule has 3 nitrogen and oxygen atoms in total. The van der Waals surface area contributed by atoms with E-state index in [2.05, 4.69) is 23.3 Å². The summed E-state index contributed by atoms with van der Waals surface area (Å²) in [5.41, 5.74) is 1.30. The fourth-order valence-electron chi connectivity index (χ4n) is 2.03. The van der Waals surface area contributed by atoms with E-state index in [4.69, 9.17) is 4.74 Å². The van der Waals surface area contributed by atoms with Crippen LogP contribution >= 0.6 is 11.8 Å². The Morgan fingerprint density at radius 2 is 2.50 bits per heavy atom. The zero-order chi connectivity index (χ0) is 12.6. The molecule has 1 atom stereocenters. The van der Waals surface area contributed by atoms with E-state index in [0.717, 1.165) is 36.9 Å². The predicted octanol–water partition coefficient (Wildman–Crippen LogP) is 3.32. The van der Waals surface area contributed by atoms with Crippen molar-refractivity contribution in [2.24, 2.45) is 0 Å². The minimum atomic E-state index is 0.471. The number of hydrogen-bond acceptors (Lipinski definition) is 4. The summed E-state index contributed by atoms with van der Waals surface area (Å²) in [6, 6.07) is 4.17. The van der Waals surface area contributed by atoms with Gasteiger partial charge in [-0.15, -0.1) is 0 Å². The molecule has 2 heterocycles. The van der Waals surface area contributed by atoms with E-state index in [1.54, 1.807) is 0 Å². The van der Waals surface area contributed by atoms with Crippen molar-refractivity contribution >= 4 is 17.6 Å². The molecule has 0 aliphatic carbocycles. The van der Waals surface area contributed by atoms with Gasteiger partial charge in [0.2, 0.25) is 0 Å². The maximum absolute atomic E-state index is 5.63. The Labute approximate surface area is 114 Å². The van der Waals surface area contributed by atoms with Gasteiger partial charge in [0.25, 0.3) is 0 Å². The molecular weight excluding hydrogens is 244 g/mol. The number of anilines is 1. The summed E-state index contributed by atoms with van der Waals surface area (Å²) in [6.07, 6.45) is 5.90. The van der Waals surface area contributed by atoms with Crippen molar-refractivity contribution < 1.29 is 4.74 Å². The first-order chi connectivity index (χ1) is 8.90. The van der Waals surface area contributed by atoms with Gasteiger partial charge in [-0.05, 0) is 25.3 Å². The highest BCUT2D eigenvalue weighted by molar-refractivity contribution is 7.98. The number of thioether (sulfide) groups is 1. The summed E-state index contributed by atoms with van der Waals surface area (Å²) >= 11 is 1.95. The van der Waals surface area contributed by atoms with Crippen LogP contribution in [0.1, 0.15) is 31.7 Å². The third-order valence-electron chi connectivity index (χ3n) is 3.02. The van der Waals surface area contributed by atoms with E-state index in [-0.39, 0.29) is 0 Å². The second-order valence-electron chi connectivity index (χ2n) is 4.59. The third kappa shape index (κ3) is 4.18. The van der Waals surface area contributed by atoms with E-state index in [1.165, 1.54) is 18.4 Å². The molecule has 1 fully saturated rings. The molecule has 0 amide bonds. The summed E-state index contributed by atoms with van der Waals surface area (Å²) in [5.74, 6) is 3.15. The maximum atomic E-state index is 5.63. The number of nitrogens with zero attached hydrogens (tertiary/aromatic N) is 1. The van der Waals surface area contributed by atoms with Gasteiger partial charge in [0, 0.05) is 36.4 Å². The minimum Gasteiger partial charge on any atom is -0.377 e. The van der Waals surface area contributed by atoms with Gasteiger partial charge in [0.05, 0.1) is 6.10 Å². The lowest BCUT2D eigenvalue weighted by atomic mass is 10.3. The van der Waals surface area contributed by atoms with Crippen LogP contribution in [-0.4, -0.2) is 30.0 Å². The number of nitrogens with one attached hydrogen (secondary N) is 1. The molecule has 2 rings (SSSR count). The fourth-order valence-corrected chi connectivity index (χ4v) is 3.13. The second kappa shape index (κ2) is 7.64. The summed E-state index contributed by atoms with van der Waals surface area (Å²) < 4.78 is 5.63. The number of rotatable bonds is 7. The van der Waals surface area contributed by atoms with Crippen LogP contribution in [0.4, 0.5) is 5.82 Å². The lowest BCUT2D eigenvalue weighted by Crippen LogP contribution is -2.09.